The average molecular weight is 430 g/mol. The molecule has 160 valence electrons. The van der Waals surface area contributed by atoms with Crippen molar-refractivity contribution in [3.63, 3.8) is 0 Å². The largest absolute Gasteiger partial charge is 0.353 e. The minimum atomic E-state index is -3.77. The van der Waals surface area contributed by atoms with E-state index in [4.69, 9.17) is 0 Å². The second-order valence-electron chi connectivity index (χ2n) is 7.75. The van der Waals surface area contributed by atoms with Crippen molar-refractivity contribution in [1.29, 1.82) is 0 Å². The predicted molar refractivity (Wildman–Crippen MR) is 117 cm³/mol. The first-order valence-electron chi connectivity index (χ1n) is 9.98. The number of hydrogen-bond acceptors (Lipinski definition) is 4. The van der Waals surface area contributed by atoms with Crippen LogP contribution in [0.4, 0.5) is 11.4 Å². The Balaban J connectivity index is 1.71. The molecule has 30 heavy (non-hydrogen) atoms. The third-order valence-electron chi connectivity index (χ3n) is 5.35. The van der Waals surface area contributed by atoms with Gasteiger partial charge in [-0.05, 0) is 68.1 Å². The summed E-state index contributed by atoms with van der Waals surface area (Å²) in [6, 6.07) is 13.0. The van der Waals surface area contributed by atoms with E-state index in [9.17, 15) is 18.0 Å². The number of carbonyl (C=O) groups excluding carboxylic acids is 2. The van der Waals surface area contributed by atoms with Crippen molar-refractivity contribution in [2.45, 2.75) is 56.4 Å². The Hall–Kier alpha value is -2.87. The number of benzene rings is 2. The maximum absolute atomic E-state index is 12.6. The Bertz CT molecular complexity index is 1030. The molecule has 0 spiro atoms. The maximum Gasteiger partial charge on any atom is 0.261 e. The molecule has 1 atom stereocenters. The molecule has 1 aliphatic carbocycles. The number of nitrogens with one attached hydrogen (secondary N) is 3. The molecule has 3 rings (SSSR count). The smallest absolute Gasteiger partial charge is 0.261 e. The van der Waals surface area contributed by atoms with Crippen molar-refractivity contribution in [2.75, 3.05) is 10.0 Å². The number of anilines is 2. The fourth-order valence-electron chi connectivity index (χ4n) is 3.23. The van der Waals surface area contributed by atoms with Gasteiger partial charge in [-0.15, -0.1) is 0 Å². The number of sulfonamides is 1. The second-order valence-corrected chi connectivity index (χ2v) is 9.44. The van der Waals surface area contributed by atoms with Gasteiger partial charge in [-0.2, -0.15) is 0 Å². The molecule has 3 N–H and O–H groups in total. The molecule has 1 unspecified atom stereocenters. The van der Waals surface area contributed by atoms with E-state index in [1.807, 2.05) is 13.8 Å². The Morgan fingerprint density at radius 2 is 1.57 bits per heavy atom. The van der Waals surface area contributed by atoms with Gasteiger partial charge in [0.05, 0.1) is 10.3 Å². The molecule has 0 radical (unpaired) electrons. The van der Waals surface area contributed by atoms with Crippen molar-refractivity contribution in [2.24, 2.45) is 0 Å². The van der Waals surface area contributed by atoms with Crippen molar-refractivity contribution in [3.8, 4) is 0 Å². The van der Waals surface area contributed by atoms with Gasteiger partial charge in [0, 0.05) is 24.3 Å². The maximum atomic E-state index is 12.6. The van der Waals surface area contributed by atoms with Gasteiger partial charge in [-0.3, -0.25) is 14.3 Å². The van der Waals surface area contributed by atoms with Crippen LogP contribution < -0.4 is 15.4 Å². The van der Waals surface area contributed by atoms with E-state index in [0.29, 0.717) is 11.4 Å². The normalized spacial score (nSPS) is 15.7. The van der Waals surface area contributed by atoms with Gasteiger partial charge in [0.25, 0.3) is 10.0 Å². The van der Waals surface area contributed by atoms with Crippen LogP contribution in [0, 0.1) is 0 Å². The van der Waals surface area contributed by atoms with E-state index < -0.39 is 15.4 Å². The summed E-state index contributed by atoms with van der Waals surface area (Å²) < 4.78 is 27.8. The standard InChI is InChI=1S/C22H27N3O4S/c1-4-15(2)23-21(27)22(13-14-22)17-5-7-19(8-6-17)25-30(28,29)20-11-9-18(10-12-20)24-16(3)26/h5-12,15,25H,4,13-14H2,1-3H3,(H,23,27)(H,24,26). The molecule has 1 aliphatic rings. The van der Waals surface area contributed by atoms with Gasteiger partial charge in [0.2, 0.25) is 11.8 Å². The minimum absolute atomic E-state index is 0.0319. The fraction of sp³-hybridized carbons (Fsp3) is 0.364. The first-order valence-corrected chi connectivity index (χ1v) is 11.5. The van der Waals surface area contributed by atoms with Crippen molar-refractivity contribution in [1.82, 2.24) is 5.32 Å². The Morgan fingerprint density at radius 1 is 1.00 bits per heavy atom. The van der Waals surface area contributed by atoms with Crippen LogP contribution >= 0.6 is 0 Å². The first kappa shape index (κ1) is 21.8. The fourth-order valence-corrected chi connectivity index (χ4v) is 4.29. The molecule has 2 amide bonds. The van der Waals surface area contributed by atoms with Crippen LogP contribution in [0.15, 0.2) is 53.4 Å². The summed E-state index contributed by atoms with van der Waals surface area (Å²) in [5, 5.41) is 5.64. The van der Waals surface area contributed by atoms with Crippen molar-refractivity contribution < 1.29 is 18.0 Å². The van der Waals surface area contributed by atoms with Gasteiger partial charge in [-0.1, -0.05) is 19.1 Å². The SMILES string of the molecule is CCC(C)NC(=O)C1(c2ccc(NS(=O)(=O)c3ccc(NC(C)=O)cc3)cc2)CC1. The Kier molecular flexibility index (Phi) is 6.17. The van der Waals surface area contributed by atoms with Crippen LogP contribution in [0.25, 0.3) is 0 Å². The highest BCUT2D eigenvalue weighted by Gasteiger charge is 2.51. The number of rotatable bonds is 8. The molecular weight excluding hydrogens is 402 g/mol. The number of carbonyl (C=O) groups is 2. The van der Waals surface area contributed by atoms with Gasteiger partial charge in [-0.25, -0.2) is 8.42 Å². The Morgan fingerprint density at radius 3 is 2.07 bits per heavy atom. The van der Waals surface area contributed by atoms with Crippen LogP contribution in [0.5, 0.6) is 0 Å². The minimum Gasteiger partial charge on any atom is -0.353 e. The summed E-state index contributed by atoms with van der Waals surface area (Å²) in [4.78, 5) is 23.8. The lowest BCUT2D eigenvalue weighted by Gasteiger charge is -2.19. The zero-order valence-electron chi connectivity index (χ0n) is 17.4. The molecule has 0 aliphatic heterocycles. The van der Waals surface area contributed by atoms with Crippen LogP contribution in [0.3, 0.4) is 0 Å². The average Bonchev–Trinajstić information content (AvgIpc) is 3.50. The molecular formula is C22H27N3O4S. The van der Waals surface area contributed by atoms with Gasteiger partial charge in [0.15, 0.2) is 0 Å². The zero-order valence-corrected chi connectivity index (χ0v) is 18.2. The molecule has 0 heterocycles. The predicted octanol–water partition coefficient (Wildman–Crippen LogP) is 3.39. The molecule has 0 saturated heterocycles. The molecule has 1 saturated carbocycles. The quantitative estimate of drug-likeness (QED) is 0.598. The summed E-state index contributed by atoms with van der Waals surface area (Å²) in [5.74, 6) is -0.195. The van der Waals surface area contributed by atoms with Crippen LogP contribution in [-0.2, 0) is 25.0 Å². The zero-order chi connectivity index (χ0) is 21.9. The van der Waals surface area contributed by atoms with E-state index in [0.717, 1.165) is 24.8 Å². The van der Waals surface area contributed by atoms with E-state index in [1.54, 1.807) is 24.3 Å². The van der Waals surface area contributed by atoms with E-state index >= 15 is 0 Å². The summed E-state index contributed by atoms with van der Waals surface area (Å²) in [5.41, 5.74) is 1.34. The van der Waals surface area contributed by atoms with E-state index in [1.165, 1.54) is 31.2 Å². The highest BCUT2D eigenvalue weighted by molar-refractivity contribution is 7.92. The monoisotopic (exact) mass is 429 g/mol. The van der Waals surface area contributed by atoms with Gasteiger partial charge < -0.3 is 10.6 Å². The number of amides is 2. The van der Waals surface area contributed by atoms with Crippen LogP contribution in [0.2, 0.25) is 0 Å². The van der Waals surface area contributed by atoms with Crippen LogP contribution in [0.1, 0.15) is 45.6 Å². The summed E-state index contributed by atoms with van der Waals surface area (Å²) in [6.45, 7) is 5.39. The summed E-state index contributed by atoms with van der Waals surface area (Å²) in [7, 11) is -3.77. The summed E-state index contributed by atoms with van der Waals surface area (Å²) in [6.07, 6.45) is 2.45. The van der Waals surface area contributed by atoms with Crippen molar-refractivity contribution >= 4 is 33.2 Å². The highest BCUT2D eigenvalue weighted by Crippen LogP contribution is 2.48. The second kappa shape index (κ2) is 8.47. The molecule has 0 bridgehead atoms. The molecule has 7 nitrogen and oxygen atoms in total. The molecule has 2 aromatic rings. The summed E-state index contributed by atoms with van der Waals surface area (Å²) >= 11 is 0. The first-order chi connectivity index (χ1) is 14.2. The van der Waals surface area contributed by atoms with Crippen LogP contribution in [-0.4, -0.2) is 26.3 Å². The lowest BCUT2D eigenvalue weighted by molar-refractivity contribution is -0.124. The number of hydrogen-bond donors (Lipinski definition) is 3. The third-order valence-corrected chi connectivity index (χ3v) is 6.75. The van der Waals surface area contributed by atoms with Gasteiger partial charge >= 0.3 is 0 Å². The van der Waals surface area contributed by atoms with Crippen molar-refractivity contribution in [3.05, 3.63) is 54.1 Å². The van der Waals surface area contributed by atoms with E-state index in [2.05, 4.69) is 15.4 Å². The lowest BCUT2D eigenvalue weighted by Crippen LogP contribution is -2.39. The molecule has 1 fully saturated rings. The lowest BCUT2D eigenvalue weighted by atomic mass is 9.94. The van der Waals surface area contributed by atoms with E-state index in [-0.39, 0.29) is 22.8 Å². The molecule has 2 aromatic carbocycles. The molecule has 0 aromatic heterocycles. The topological polar surface area (TPSA) is 104 Å². The van der Waals surface area contributed by atoms with Gasteiger partial charge in [0.1, 0.15) is 0 Å². The third kappa shape index (κ3) is 4.81. The molecule has 8 heteroatoms. The Labute approximate surface area is 177 Å². The highest BCUT2D eigenvalue weighted by atomic mass is 32.2.